The zero-order chi connectivity index (χ0) is 18.7. The fraction of sp³-hybridized carbons (Fsp3) is 0.222. The Labute approximate surface area is 160 Å². The second kappa shape index (κ2) is 7.88. The second-order valence-electron chi connectivity index (χ2n) is 5.91. The largest absolute Gasteiger partial charge is 0.324 e. The minimum Gasteiger partial charge on any atom is -0.324 e. The lowest BCUT2D eigenvalue weighted by Gasteiger charge is -2.10. The van der Waals surface area contributed by atoms with Crippen molar-refractivity contribution in [1.29, 1.82) is 0 Å². The average Bonchev–Trinajstić information content (AvgIpc) is 3.06. The summed E-state index contributed by atoms with van der Waals surface area (Å²) in [6, 6.07) is 11.4. The number of aromatic nitrogens is 4. The summed E-state index contributed by atoms with van der Waals surface area (Å²) in [5.74, 6) is 0.00591. The van der Waals surface area contributed by atoms with Crippen LogP contribution in [-0.4, -0.2) is 31.9 Å². The summed E-state index contributed by atoms with van der Waals surface area (Å²) in [4.78, 5) is 12.2. The number of hydrogen-bond donors (Lipinski definition) is 1. The summed E-state index contributed by atoms with van der Waals surface area (Å²) in [6.07, 6.45) is 0. The summed E-state index contributed by atoms with van der Waals surface area (Å²) in [5.41, 5.74) is 4.78. The molecule has 6 nitrogen and oxygen atoms in total. The third-order valence-electron chi connectivity index (χ3n) is 3.98. The molecule has 2 aromatic carbocycles. The van der Waals surface area contributed by atoms with Crippen LogP contribution in [0.2, 0.25) is 5.02 Å². The molecule has 0 aliphatic carbocycles. The number of benzene rings is 2. The van der Waals surface area contributed by atoms with Gasteiger partial charge in [-0.1, -0.05) is 41.6 Å². The van der Waals surface area contributed by atoms with Crippen LogP contribution in [0.5, 0.6) is 0 Å². The van der Waals surface area contributed by atoms with Gasteiger partial charge in [0.25, 0.3) is 0 Å². The minimum absolute atomic E-state index is 0.170. The van der Waals surface area contributed by atoms with Gasteiger partial charge in [-0.05, 0) is 66.1 Å². The van der Waals surface area contributed by atoms with Crippen molar-refractivity contribution in [1.82, 2.24) is 20.2 Å². The quantitative estimate of drug-likeness (QED) is 0.670. The molecule has 1 N–H and O–H groups in total. The highest BCUT2D eigenvalue weighted by atomic mass is 35.5. The molecule has 0 aliphatic heterocycles. The van der Waals surface area contributed by atoms with Crippen LogP contribution in [0.4, 0.5) is 5.69 Å². The van der Waals surface area contributed by atoms with Crippen molar-refractivity contribution >= 4 is 35.0 Å². The van der Waals surface area contributed by atoms with Gasteiger partial charge in [-0.25, -0.2) is 0 Å². The molecule has 8 heteroatoms. The standard InChI is InChI=1S/C18H18ClN5OS/c1-11-7-8-15(14(19)9-11)20-17(25)10-26-18-21-22-23-24(18)16-6-4-5-12(2)13(16)3/h4-9H,10H2,1-3H3,(H,20,25). The molecule has 0 bridgehead atoms. The normalized spacial score (nSPS) is 10.8. The Morgan fingerprint density at radius 1 is 1.23 bits per heavy atom. The molecule has 0 unspecified atom stereocenters. The van der Waals surface area contributed by atoms with Crippen LogP contribution in [0, 0.1) is 20.8 Å². The molecule has 0 atom stereocenters. The molecule has 134 valence electrons. The fourth-order valence-electron chi connectivity index (χ4n) is 2.42. The number of halogens is 1. The number of carbonyl (C=O) groups is 1. The summed E-state index contributed by atoms with van der Waals surface area (Å²) >= 11 is 7.42. The van der Waals surface area contributed by atoms with Crippen molar-refractivity contribution in [2.24, 2.45) is 0 Å². The topological polar surface area (TPSA) is 72.7 Å². The number of hydrogen-bond acceptors (Lipinski definition) is 5. The van der Waals surface area contributed by atoms with Gasteiger partial charge in [-0.15, -0.1) is 5.10 Å². The number of nitrogens with one attached hydrogen (secondary N) is 1. The number of anilines is 1. The summed E-state index contributed by atoms with van der Waals surface area (Å²) in [7, 11) is 0. The highest BCUT2D eigenvalue weighted by molar-refractivity contribution is 7.99. The van der Waals surface area contributed by atoms with Gasteiger partial charge in [0, 0.05) is 0 Å². The van der Waals surface area contributed by atoms with E-state index in [1.54, 1.807) is 10.7 Å². The molecule has 0 spiro atoms. The Bertz CT molecular complexity index is 957. The van der Waals surface area contributed by atoms with Crippen molar-refractivity contribution in [2.75, 3.05) is 11.1 Å². The van der Waals surface area contributed by atoms with Gasteiger partial charge in [-0.3, -0.25) is 4.79 Å². The maximum Gasteiger partial charge on any atom is 0.234 e. The first-order valence-corrected chi connectivity index (χ1v) is 9.36. The molecular formula is C18H18ClN5OS. The van der Waals surface area contributed by atoms with Crippen LogP contribution < -0.4 is 5.32 Å². The molecule has 0 saturated carbocycles. The van der Waals surface area contributed by atoms with Crippen LogP contribution in [0.1, 0.15) is 16.7 Å². The van der Waals surface area contributed by atoms with E-state index >= 15 is 0 Å². The predicted octanol–water partition coefficient (Wildman–Crippen LogP) is 3.97. The first kappa shape index (κ1) is 18.4. The van der Waals surface area contributed by atoms with Crippen molar-refractivity contribution in [3.63, 3.8) is 0 Å². The van der Waals surface area contributed by atoms with E-state index in [1.165, 1.54) is 11.8 Å². The number of amides is 1. The third-order valence-corrected chi connectivity index (χ3v) is 5.21. The monoisotopic (exact) mass is 387 g/mol. The van der Waals surface area contributed by atoms with Crippen LogP contribution in [0.3, 0.4) is 0 Å². The van der Waals surface area contributed by atoms with E-state index in [9.17, 15) is 4.79 Å². The lowest BCUT2D eigenvalue weighted by molar-refractivity contribution is -0.113. The van der Waals surface area contributed by atoms with Crippen LogP contribution in [0.25, 0.3) is 5.69 Å². The first-order chi connectivity index (χ1) is 12.5. The highest BCUT2D eigenvalue weighted by Crippen LogP contribution is 2.25. The van der Waals surface area contributed by atoms with E-state index < -0.39 is 0 Å². The molecule has 1 amide bonds. The fourth-order valence-corrected chi connectivity index (χ4v) is 3.39. The Balaban J connectivity index is 1.70. The molecule has 1 aromatic heterocycles. The van der Waals surface area contributed by atoms with E-state index in [0.717, 1.165) is 22.4 Å². The van der Waals surface area contributed by atoms with E-state index in [2.05, 4.69) is 20.8 Å². The van der Waals surface area contributed by atoms with Gasteiger partial charge in [0.1, 0.15) is 0 Å². The average molecular weight is 388 g/mol. The van der Waals surface area contributed by atoms with Crippen molar-refractivity contribution in [2.45, 2.75) is 25.9 Å². The number of thioether (sulfide) groups is 1. The SMILES string of the molecule is Cc1ccc(NC(=O)CSc2nnnn2-c2cccc(C)c2C)c(Cl)c1. The summed E-state index contributed by atoms with van der Waals surface area (Å²) in [5, 5.41) is 15.7. The molecule has 0 fully saturated rings. The van der Waals surface area contributed by atoms with Gasteiger partial charge < -0.3 is 5.32 Å². The zero-order valence-electron chi connectivity index (χ0n) is 14.7. The molecule has 1 heterocycles. The van der Waals surface area contributed by atoms with Crippen LogP contribution >= 0.6 is 23.4 Å². The van der Waals surface area contributed by atoms with Crippen molar-refractivity contribution in [3.05, 3.63) is 58.1 Å². The lowest BCUT2D eigenvalue weighted by Crippen LogP contribution is -2.15. The lowest BCUT2D eigenvalue weighted by atomic mass is 10.1. The van der Waals surface area contributed by atoms with E-state index in [-0.39, 0.29) is 11.7 Å². The molecule has 0 saturated heterocycles. The Kier molecular flexibility index (Phi) is 5.58. The highest BCUT2D eigenvalue weighted by Gasteiger charge is 2.14. The molecule has 0 aliphatic rings. The van der Waals surface area contributed by atoms with Crippen LogP contribution in [0.15, 0.2) is 41.6 Å². The number of tetrazole rings is 1. The van der Waals surface area contributed by atoms with E-state index in [1.807, 2.05) is 51.1 Å². The third kappa shape index (κ3) is 4.05. The van der Waals surface area contributed by atoms with Gasteiger partial charge in [0.15, 0.2) is 0 Å². The van der Waals surface area contributed by atoms with Gasteiger partial charge in [0.05, 0.1) is 22.2 Å². The van der Waals surface area contributed by atoms with Gasteiger partial charge in [-0.2, -0.15) is 4.68 Å². The summed E-state index contributed by atoms with van der Waals surface area (Å²) < 4.78 is 1.65. The minimum atomic E-state index is -0.170. The number of rotatable bonds is 5. The Hall–Kier alpha value is -2.38. The molecule has 3 aromatic rings. The van der Waals surface area contributed by atoms with Gasteiger partial charge >= 0.3 is 0 Å². The number of aryl methyl sites for hydroxylation is 2. The molecule has 26 heavy (non-hydrogen) atoms. The summed E-state index contributed by atoms with van der Waals surface area (Å²) in [6.45, 7) is 6.00. The molecule has 3 rings (SSSR count). The number of carbonyl (C=O) groups excluding carboxylic acids is 1. The maximum atomic E-state index is 12.2. The first-order valence-electron chi connectivity index (χ1n) is 7.99. The second-order valence-corrected chi connectivity index (χ2v) is 7.26. The van der Waals surface area contributed by atoms with Gasteiger partial charge in [0.2, 0.25) is 11.1 Å². The van der Waals surface area contributed by atoms with E-state index in [0.29, 0.717) is 15.9 Å². The maximum absolute atomic E-state index is 12.2. The molecular weight excluding hydrogens is 370 g/mol. The van der Waals surface area contributed by atoms with Crippen molar-refractivity contribution in [3.8, 4) is 5.69 Å². The smallest absolute Gasteiger partial charge is 0.234 e. The Morgan fingerprint density at radius 2 is 2.04 bits per heavy atom. The van der Waals surface area contributed by atoms with E-state index in [4.69, 9.17) is 11.6 Å². The Morgan fingerprint density at radius 3 is 2.81 bits per heavy atom. The zero-order valence-corrected chi connectivity index (χ0v) is 16.2. The number of nitrogens with zero attached hydrogens (tertiary/aromatic N) is 4. The van der Waals surface area contributed by atoms with Crippen LogP contribution in [-0.2, 0) is 4.79 Å². The predicted molar refractivity (Wildman–Crippen MR) is 104 cm³/mol. The van der Waals surface area contributed by atoms with Crippen molar-refractivity contribution < 1.29 is 4.79 Å². The molecule has 0 radical (unpaired) electrons.